The predicted octanol–water partition coefficient (Wildman–Crippen LogP) is 2.72. The molecule has 2 aromatic carbocycles. The fraction of sp³-hybridized carbons (Fsp3) is 0.235. The molecule has 2 aromatic rings. The molecular formula is C17H20N2OS. The highest BCUT2D eigenvalue weighted by molar-refractivity contribution is 7.98. The third-order valence-electron chi connectivity index (χ3n) is 3.13. The number of benzene rings is 2. The number of nitrogens with two attached hydrogens (primary N) is 2. The second-order valence-electron chi connectivity index (χ2n) is 5.05. The molecule has 4 N–H and O–H groups in total. The first-order valence-electron chi connectivity index (χ1n) is 6.93. The maximum atomic E-state index is 10.8. The van der Waals surface area contributed by atoms with E-state index in [2.05, 4.69) is 48.5 Å². The molecule has 0 spiro atoms. The van der Waals surface area contributed by atoms with E-state index in [0.717, 1.165) is 11.3 Å². The fourth-order valence-electron chi connectivity index (χ4n) is 2.10. The Labute approximate surface area is 129 Å². The van der Waals surface area contributed by atoms with Gasteiger partial charge in [-0.05, 0) is 29.7 Å². The summed E-state index contributed by atoms with van der Waals surface area (Å²) in [4.78, 5) is 12.0. The minimum atomic E-state index is -0.350. The normalized spacial score (nSPS) is 12.0. The first-order valence-corrected chi connectivity index (χ1v) is 7.91. The SMILES string of the molecule is NC(=O)CC(N)Cc1ccc(SCc2ccccc2)cc1. The van der Waals surface area contributed by atoms with Crippen molar-refractivity contribution in [2.75, 3.05) is 0 Å². The van der Waals surface area contributed by atoms with Crippen molar-refractivity contribution in [3.05, 3.63) is 65.7 Å². The molecule has 0 heterocycles. The van der Waals surface area contributed by atoms with Gasteiger partial charge < -0.3 is 11.5 Å². The van der Waals surface area contributed by atoms with Crippen molar-refractivity contribution in [2.24, 2.45) is 11.5 Å². The van der Waals surface area contributed by atoms with Gasteiger partial charge in [0.05, 0.1) is 0 Å². The highest BCUT2D eigenvalue weighted by Gasteiger charge is 2.07. The van der Waals surface area contributed by atoms with E-state index in [1.165, 1.54) is 10.5 Å². The zero-order chi connectivity index (χ0) is 15.1. The van der Waals surface area contributed by atoms with Gasteiger partial charge in [-0.1, -0.05) is 42.5 Å². The largest absolute Gasteiger partial charge is 0.370 e. The van der Waals surface area contributed by atoms with Gasteiger partial charge in [-0.15, -0.1) is 11.8 Å². The molecule has 0 aliphatic heterocycles. The van der Waals surface area contributed by atoms with Crippen LogP contribution in [0.15, 0.2) is 59.5 Å². The Kier molecular flexibility index (Phi) is 5.84. The highest BCUT2D eigenvalue weighted by atomic mass is 32.2. The van der Waals surface area contributed by atoms with Crippen molar-refractivity contribution in [3.63, 3.8) is 0 Å². The topological polar surface area (TPSA) is 69.1 Å². The molecule has 0 radical (unpaired) electrons. The smallest absolute Gasteiger partial charge is 0.218 e. The van der Waals surface area contributed by atoms with E-state index in [4.69, 9.17) is 11.5 Å². The van der Waals surface area contributed by atoms with E-state index in [9.17, 15) is 4.79 Å². The molecule has 0 fully saturated rings. The number of carbonyl (C=O) groups is 1. The lowest BCUT2D eigenvalue weighted by molar-refractivity contribution is -0.118. The van der Waals surface area contributed by atoms with Crippen molar-refractivity contribution in [2.45, 2.75) is 29.5 Å². The van der Waals surface area contributed by atoms with Crippen molar-refractivity contribution >= 4 is 17.7 Å². The first-order chi connectivity index (χ1) is 10.1. The zero-order valence-corrected chi connectivity index (χ0v) is 12.7. The van der Waals surface area contributed by atoms with Gasteiger partial charge in [-0.3, -0.25) is 4.79 Å². The molecule has 21 heavy (non-hydrogen) atoms. The Bertz CT molecular complexity index is 569. The summed E-state index contributed by atoms with van der Waals surface area (Å²) >= 11 is 1.81. The fourth-order valence-corrected chi connectivity index (χ4v) is 2.95. The van der Waals surface area contributed by atoms with Crippen LogP contribution in [0.2, 0.25) is 0 Å². The van der Waals surface area contributed by atoms with Crippen LogP contribution >= 0.6 is 11.8 Å². The number of rotatable bonds is 7. The van der Waals surface area contributed by atoms with Gasteiger partial charge in [-0.2, -0.15) is 0 Å². The van der Waals surface area contributed by atoms with Crippen molar-refractivity contribution in [1.82, 2.24) is 0 Å². The lowest BCUT2D eigenvalue weighted by Gasteiger charge is -2.10. The second kappa shape index (κ2) is 7.86. The van der Waals surface area contributed by atoms with Crippen LogP contribution in [0.3, 0.4) is 0 Å². The Morgan fingerprint density at radius 1 is 1.00 bits per heavy atom. The summed E-state index contributed by atoms with van der Waals surface area (Å²) in [6.07, 6.45) is 0.900. The number of hydrogen-bond acceptors (Lipinski definition) is 3. The minimum Gasteiger partial charge on any atom is -0.370 e. The molecule has 1 atom stereocenters. The molecule has 0 aliphatic rings. The molecule has 0 aliphatic carbocycles. The zero-order valence-electron chi connectivity index (χ0n) is 11.9. The van der Waals surface area contributed by atoms with Gasteiger partial charge in [0, 0.05) is 23.1 Å². The summed E-state index contributed by atoms with van der Waals surface area (Å²) in [5.74, 6) is 0.610. The van der Waals surface area contributed by atoms with Gasteiger partial charge in [0.25, 0.3) is 0 Å². The first kappa shape index (κ1) is 15.6. The van der Waals surface area contributed by atoms with E-state index in [-0.39, 0.29) is 18.4 Å². The maximum absolute atomic E-state index is 10.8. The lowest BCUT2D eigenvalue weighted by atomic mass is 10.0. The summed E-state index contributed by atoms with van der Waals surface area (Å²) in [5, 5.41) is 0. The van der Waals surface area contributed by atoms with Crippen molar-refractivity contribution in [1.29, 1.82) is 0 Å². The molecule has 0 bridgehead atoms. The summed E-state index contributed by atoms with van der Waals surface area (Å²) in [6, 6.07) is 18.5. The Hall–Kier alpha value is -1.78. The molecule has 0 aromatic heterocycles. The van der Waals surface area contributed by atoms with Gasteiger partial charge in [0.1, 0.15) is 0 Å². The van der Waals surface area contributed by atoms with E-state index in [1.54, 1.807) is 11.8 Å². The molecule has 1 unspecified atom stereocenters. The second-order valence-corrected chi connectivity index (χ2v) is 6.10. The molecule has 0 saturated carbocycles. The van der Waals surface area contributed by atoms with Crippen LogP contribution in [0, 0.1) is 0 Å². The Morgan fingerprint density at radius 3 is 2.29 bits per heavy atom. The van der Waals surface area contributed by atoms with Gasteiger partial charge in [-0.25, -0.2) is 0 Å². The maximum Gasteiger partial charge on any atom is 0.218 e. The van der Waals surface area contributed by atoms with Crippen molar-refractivity contribution in [3.8, 4) is 0 Å². The third kappa shape index (κ3) is 5.61. The van der Waals surface area contributed by atoms with E-state index in [0.29, 0.717) is 6.42 Å². The van der Waals surface area contributed by atoms with Crippen LogP contribution in [0.5, 0.6) is 0 Å². The van der Waals surface area contributed by atoms with Crippen LogP contribution in [-0.4, -0.2) is 11.9 Å². The van der Waals surface area contributed by atoms with Gasteiger partial charge in [0.2, 0.25) is 5.91 Å². The molecule has 4 heteroatoms. The van der Waals surface area contributed by atoms with Gasteiger partial charge in [0.15, 0.2) is 0 Å². The standard InChI is InChI=1S/C17H20N2OS/c18-15(11-17(19)20)10-13-6-8-16(9-7-13)21-12-14-4-2-1-3-5-14/h1-9,15H,10-12,18H2,(H2,19,20). The quantitative estimate of drug-likeness (QED) is 0.772. The van der Waals surface area contributed by atoms with E-state index < -0.39 is 0 Å². The number of hydrogen-bond donors (Lipinski definition) is 2. The van der Waals surface area contributed by atoms with Crippen LogP contribution in [0.4, 0.5) is 0 Å². The average molecular weight is 300 g/mol. The monoisotopic (exact) mass is 300 g/mol. The number of carbonyl (C=O) groups excluding carboxylic acids is 1. The summed E-state index contributed by atoms with van der Waals surface area (Å²) in [6.45, 7) is 0. The summed E-state index contributed by atoms with van der Waals surface area (Å²) < 4.78 is 0. The average Bonchev–Trinajstić information content (AvgIpc) is 2.47. The number of thioether (sulfide) groups is 1. The Morgan fingerprint density at radius 2 is 1.67 bits per heavy atom. The number of primary amides is 1. The van der Waals surface area contributed by atoms with Crippen LogP contribution in [0.1, 0.15) is 17.5 Å². The van der Waals surface area contributed by atoms with E-state index in [1.807, 2.05) is 6.07 Å². The van der Waals surface area contributed by atoms with E-state index >= 15 is 0 Å². The molecule has 0 saturated heterocycles. The molecule has 2 rings (SSSR count). The highest BCUT2D eigenvalue weighted by Crippen LogP contribution is 2.23. The van der Waals surface area contributed by atoms with Gasteiger partial charge >= 0.3 is 0 Å². The summed E-state index contributed by atoms with van der Waals surface area (Å²) in [7, 11) is 0. The molecule has 1 amide bonds. The molecule has 110 valence electrons. The third-order valence-corrected chi connectivity index (χ3v) is 4.22. The van der Waals surface area contributed by atoms with Crippen LogP contribution < -0.4 is 11.5 Å². The van der Waals surface area contributed by atoms with Crippen molar-refractivity contribution < 1.29 is 4.79 Å². The molecule has 3 nitrogen and oxygen atoms in total. The molecular weight excluding hydrogens is 280 g/mol. The summed E-state index contributed by atoms with van der Waals surface area (Å²) in [5.41, 5.74) is 13.5. The Balaban J connectivity index is 1.85. The lowest BCUT2D eigenvalue weighted by Crippen LogP contribution is -2.29. The van der Waals surface area contributed by atoms with Crippen LogP contribution in [-0.2, 0) is 17.0 Å². The van der Waals surface area contributed by atoms with Crippen LogP contribution in [0.25, 0.3) is 0 Å². The predicted molar refractivity (Wildman–Crippen MR) is 87.9 cm³/mol. The number of amides is 1. The minimum absolute atomic E-state index is 0.203.